The van der Waals surface area contributed by atoms with Crippen molar-refractivity contribution in [1.29, 1.82) is 5.26 Å². The molecule has 2 N–H and O–H groups in total. The van der Waals surface area contributed by atoms with Gasteiger partial charge in [0.25, 0.3) is 0 Å². The maximum atomic E-state index is 13.2. The first-order valence-electron chi connectivity index (χ1n) is 11.1. The number of hydrogen-bond donors (Lipinski definition) is 2. The summed E-state index contributed by atoms with van der Waals surface area (Å²) in [5, 5.41) is 14.7. The van der Waals surface area contributed by atoms with Gasteiger partial charge in [0.15, 0.2) is 10.7 Å². The summed E-state index contributed by atoms with van der Waals surface area (Å²) in [5.74, 6) is -0.500. The van der Waals surface area contributed by atoms with Crippen LogP contribution in [0.5, 0.6) is 0 Å². The molecule has 3 rings (SSSR count). The van der Waals surface area contributed by atoms with Gasteiger partial charge in [0, 0.05) is 35.5 Å². The molecule has 1 aromatic carbocycles. The van der Waals surface area contributed by atoms with Crippen molar-refractivity contribution in [2.24, 2.45) is 0 Å². The van der Waals surface area contributed by atoms with Crippen molar-refractivity contribution in [3.8, 4) is 6.07 Å². The molecule has 1 aliphatic rings. The highest BCUT2D eigenvalue weighted by Gasteiger charge is 2.36. The van der Waals surface area contributed by atoms with Crippen LogP contribution in [0.3, 0.4) is 0 Å². The highest BCUT2D eigenvalue weighted by molar-refractivity contribution is 7.90. The zero-order chi connectivity index (χ0) is 27.5. The minimum Gasteiger partial charge on any atom is -0.612 e. The maximum absolute atomic E-state index is 13.2. The second kappa shape index (κ2) is 10.8. The Labute approximate surface area is 215 Å². The van der Waals surface area contributed by atoms with Crippen LogP contribution in [-0.2, 0) is 26.9 Å². The molecule has 1 aliphatic carbocycles. The van der Waals surface area contributed by atoms with Gasteiger partial charge in [0.05, 0.1) is 23.2 Å². The van der Waals surface area contributed by atoms with Crippen molar-refractivity contribution < 1.29 is 32.0 Å². The van der Waals surface area contributed by atoms with Gasteiger partial charge in [-0.1, -0.05) is 6.07 Å². The number of halogens is 3. The number of ketones is 1. The molecule has 0 aliphatic heterocycles. The molecule has 2 atom stereocenters. The van der Waals surface area contributed by atoms with Gasteiger partial charge in [0.1, 0.15) is 17.7 Å². The highest BCUT2D eigenvalue weighted by Crippen LogP contribution is 2.37. The van der Waals surface area contributed by atoms with Crippen molar-refractivity contribution in [2.45, 2.75) is 56.3 Å². The number of alkyl halides is 3. The lowest BCUT2D eigenvalue weighted by molar-refractivity contribution is -0.137. The van der Waals surface area contributed by atoms with Crippen LogP contribution in [0.2, 0.25) is 0 Å². The lowest BCUT2D eigenvalue weighted by Crippen LogP contribution is -2.37. The van der Waals surface area contributed by atoms with Crippen molar-refractivity contribution in [3.05, 3.63) is 64.5 Å². The number of ether oxygens (including phenoxy) is 1. The summed E-state index contributed by atoms with van der Waals surface area (Å²) in [7, 11) is 0. The summed E-state index contributed by atoms with van der Waals surface area (Å²) in [6.07, 6.45) is -2.88. The predicted octanol–water partition coefficient (Wildman–Crippen LogP) is 5.00. The summed E-state index contributed by atoms with van der Waals surface area (Å²) in [4.78, 5) is 30.0. The normalized spacial score (nSPS) is 15.7. The van der Waals surface area contributed by atoms with Crippen molar-refractivity contribution in [1.82, 2.24) is 10.3 Å². The van der Waals surface area contributed by atoms with Gasteiger partial charge in [-0.05, 0) is 56.6 Å². The van der Waals surface area contributed by atoms with Crippen molar-refractivity contribution in [3.63, 3.8) is 0 Å². The summed E-state index contributed by atoms with van der Waals surface area (Å²) in [6, 6.07) is 6.78. The largest absolute Gasteiger partial charge is 0.612 e. The number of amides is 1. The van der Waals surface area contributed by atoms with E-state index in [9.17, 15) is 32.6 Å². The number of nitriles is 1. The third kappa shape index (κ3) is 7.02. The van der Waals surface area contributed by atoms with Gasteiger partial charge in [0.2, 0.25) is 0 Å². The van der Waals surface area contributed by atoms with E-state index in [2.05, 4.69) is 15.6 Å². The molecule has 0 saturated heterocycles. The zero-order valence-corrected chi connectivity index (χ0v) is 21.3. The van der Waals surface area contributed by atoms with Gasteiger partial charge >= 0.3 is 12.3 Å². The van der Waals surface area contributed by atoms with Gasteiger partial charge in [-0.25, -0.2) is 9.78 Å². The van der Waals surface area contributed by atoms with Crippen LogP contribution in [0.15, 0.2) is 52.7 Å². The number of carbonyl (C=O) groups excluding carboxylic acids is 2. The van der Waals surface area contributed by atoms with Crippen LogP contribution < -0.4 is 10.6 Å². The van der Waals surface area contributed by atoms with Crippen molar-refractivity contribution in [2.75, 3.05) is 11.6 Å². The van der Waals surface area contributed by atoms with Crippen LogP contribution in [-0.4, -0.2) is 33.3 Å². The first-order chi connectivity index (χ1) is 17.2. The smallest absolute Gasteiger partial charge is 0.416 e. The molecule has 37 heavy (non-hydrogen) atoms. The van der Waals surface area contributed by atoms with E-state index in [0.717, 1.165) is 18.3 Å². The standard InChI is InChI=1S/C25H25F3N4O4S/c1-24(2,3)36-23(34)32-22(16-6-5-14(13-29)11-19(16)37(4)35)21-17(7-8-18(21)33)31-20-12-15(9-10-30-20)25(26,27)28/h5-6,9-12,22H,7-8H2,1-4H3,(H,30,31)(H,32,34). The Morgan fingerprint density at radius 1 is 1.22 bits per heavy atom. The molecule has 12 heteroatoms. The fourth-order valence-electron chi connectivity index (χ4n) is 3.79. The zero-order valence-electron chi connectivity index (χ0n) is 20.5. The first kappa shape index (κ1) is 28.0. The third-order valence-electron chi connectivity index (χ3n) is 5.31. The molecule has 0 fully saturated rings. The Hall–Kier alpha value is -3.56. The first-order valence-corrected chi connectivity index (χ1v) is 12.7. The number of Topliss-reactive ketones (excluding diaryl/α,β-unsaturated/α-hetero) is 1. The average molecular weight is 535 g/mol. The molecule has 1 aromatic heterocycles. The lowest BCUT2D eigenvalue weighted by atomic mass is 9.95. The number of anilines is 1. The lowest BCUT2D eigenvalue weighted by Gasteiger charge is -2.26. The van der Waals surface area contributed by atoms with E-state index in [1.807, 2.05) is 6.07 Å². The van der Waals surface area contributed by atoms with E-state index in [1.165, 1.54) is 24.5 Å². The Morgan fingerprint density at radius 3 is 2.51 bits per heavy atom. The van der Waals surface area contributed by atoms with E-state index in [-0.39, 0.29) is 51.7 Å². The predicted molar refractivity (Wildman–Crippen MR) is 130 cm³/mol. The molecular formula is C25H25F3N4O4S. The van der Waals surface area contributed by atoms with E-state index in [1.54, 1.807) is 20.8 Å². The Bertz CT molecular complexity index is 1280. The third-order valence-corrected chi connectivity index (χ3v) is 6.28. The quantitative estimate of drug-likeness (QED) is 0.499. The Balaban J connectivity index is 2.14. The second-order valence-corrected chi connectivity index (χ2v) is 10.6. The Morgan fingerprint density at radius 2 is 1.92 bits per heavy atom. The molecule has 0 spiro atoms. The van der Waals surface area contributed by atoms with Gasteiger partial charge in [-0.3, -0.25) is 4.79 Å². The van der Waals surface area contributed by atoms with Crippen molar-refractivity contribution >= 4 is 28.9 Å². The van der Waals surface area contributed by atoms with E-state index in [0.29, 0.717) is 0 Å². The summed E-state index contributed by atoms with van der Waals surface area (Å²) in [5.41, 5.74) is -0.949. The molecule has 0 saturated carbocycles. The number of alkyl carbamates (subject to hydrolysis) is 1. The molecule has 0 radical (unpaired) electrons. The summed E-state index contributed by atoms with van der Waals surface area (Å²) in [6.45, 7) is 4.96. The number of benzene rings is 1. The second-order valence-electron chi connectivity index (χ2n) is 9.27. The molecule has 1 amide bonds. The van der Waals surface area contributed by atoms with Crippen LogP contribution >= 0.6 is 0 Å². The molecule has 8 nitrogen and oxygen atoms in total. The molecule has 2 aromatic rings. The SMILES string of the molecule is C[S+]([O-])c1cc(C#N)ccc1C(NC(=O)OC(C)(C)C)C1=C(Nc2cc(C(F)(F)F)ccn2)CCC1=O. The molecule has 1 heterocycles. The highest BCUT2D eigenvalue weighted by atomic mass is 32.2. The molecular weight excluding hydrogens is 509 g/mol. The van der Waals surface area contributed by atoms with Crippen LogP contribution in [0.4, 0.5) is 23.8 Å². The molecule has 2 unspecified atom stereocenters. The Kier molecular flexibility index (Phi) is 8.19. The number of allylic oxidation sites excluding steroid dienone is 1. The topological polar surface area (TPSA) is 127 Å². The number of rotatable bonds is 6. The minimum atomic E-state index is -4.59. The fraction of sp³-hybridized carbons (Fsp3) is 0.360. The maximum Gasteiger partial charge on any atom is 0.416 e. The fourth-order valence-corrected chi connectivity index (χ4v) is 4.60. The number of nitrogens with zero attached hydrogens (tertiary/aromatic N) is 2. The molecule has 0 bridgehead atoms. The van der Waals surface area contributed by atoms with Crippen LogP contribution in [0.25, 0.3) is 0 Å². The molecule has 196 valence electrons. The van der Waals surface area contributed by atoms with E-state index < -0.39 is 40.7 Å². The monoisotopic (exact) mass is 534 g/mol. The summed E-state index contributed by atoms with van der Waals surface area (Å²) >= 11 is -1.62. The number of carbonyl (C=O) groups is 2. The number of pyridine rings is 1. The van der Waals surface area contributed by atoms with Crippen LogP contribution in [0, 0.1) is 11.3 Å². The van der Waals surface area contributed by atoms with Gasteiger partial charge in [-0.15, -0.1) is 0 Å². The minimum absolute atomic E-state index is 0.0317. The van der Waals surface area contributed by atoms with Crippen LogP contribution in [0.1, 0.15) is 56.3 Å². The number of aromatic nitrogens is 1. The number of hydrogen-bond acceptors (Lipinski definition) is 7. The van der Waals surface area contributed by atoms with Gasteiger partial charge < -0.3 is 19.9 Å². The van der Waals surface area contributed by atoms with E-state index in [4.69, 9.17) is 4.74 Å². The van der Waals surface area contributed by atoms with Gasteiger partial charge in [-0.2, -0.15) is 18.4 Å². The average Bonchev–Trinajstić information content (AvgIpc) is 3.15. The summed E-state index contributed by atoms with van der Waals surface area (Å²) < 4.78 is 57.5. The number of nitrogens with one attached hydrogen (secondary N) is 2. The van der Waals surface area contributed by atoms with E-state index >= 15 is 0 Å².